The van der Waals surface area contributed by atoms with Gasteiger partial charge in [0.1, 0.15) is 11.4 Å². The minimum atomic E-state index is 0.0230. The zero-order valence-corrected chi connectivity index (χ0v) is 14.3. The highest BCUT2D eigenvalue weighted by Gasteiger charge is 2.33. The Morgan fingerprint density at radius 1 is 1.28 bits per heavy atom. The van der Waals surface area contributed by atoms with Gasteiger partial charge in [0.2, 0.25) is 0 Å². The highest BCUT2D eigenvalue weighted by atomic mass is 16.5. The van der Waals surface area contributed by atoms with E-state index in [0.717, 1.165) is 35.5 Å². The second-order valence-electron chi connectivity index (χ2n) is 6.54. The number of carbonyl (C=O) groups is 1. The van der Waals surface area contributed by atoms with E-state index in [-0.39, 0.29) is 12.5 Å². The van der Waals surface area contributed by atoms with Gasteiger partial charge in [0, 0.05) is 12.2 Å². The lowest BCUT2D eigenvalue weighted by atomic mass is 10.2. The first-order valence-electron chi connectivity index (χ1n) is 8.60. The van der Waals surface area contributed by atoms with Crippen LogP contribution in [-0.4, -0.2) is 32.8 Å². The van der Waals surface area contributed by atoms with Gasteiger partial charge in [0.05, 0.1) is 18.4 Å². The molecule has 5 nitrogen and oxygen atoms in total. The molecule has 25 heavy (non-hydrogen) atoms. The van der Waals surface area contributed by atoms with Crippen molar-refractivity contribution < 1.29 is 9.53 Å². The number of amides is 1. The van der Waals surface area contributed by atoms with Gasteiger partial charge in [-0.2, -0.15) is 0 Å². The van der Waals surface area contributed by atoms with Gasteiger partial charge in [-0.1, -0.05) is 18.2 Å². The summed E-state index contributed by atoms with van der Waals surface area (Å²) >= 11 is 0. The van der Waals surface area contributed by atoms with E-state index >= 15 is 0 Å². The predicted molar refractivity (Wildman–Crippen MR) is 95.4 cm³/mol. The highest BCUT2D eigenvalue weighted by Crippen LogP contribution is 2.28. The van der Waals surface area contributed by atoms with Gasteiger partial charge < -0.3 is 14.0 Å². The number of ether oxygens (including phenoxy) is 1. The highest BCUT2D eigenvalue weighted by molar-refractivity contribution is 5.78. The van der Waals surface area contributed by atoms with Crippen LogP contribution in [0, 0.1) is 6.92 Å². The van der Waals surface area contributed by atoms with Crippen LogP contribution in [0.15, 0.2) is 54.9 Å². The fourth-order valence-electron chi connectivity index (χ4n) is 3.02. The van der Waals surface area contributed by atoms with Crippen molar-refractivity contribution in [2.45, 2.75) is 32.4 Å². The molecule has 0 unspecified atom stereocenters. The van der Waals surface area contributed by atoms with Crippen molar-refractivity contribution in [2.75, 3.05) is 6.61 Å². The second kappa shape index (κ2) is 6.59. The molecule has 2 heterocycles. The molecular weight excluding hydrogens is 314 g/mol. The molecule has 128 valence electrons. The van der Waals surface area contributed by atoms with Crippen molar-refractivity contribution in [1.82, 2.24) is 14.3 Å². The number of hydrogen-bond donors (Lipinski definition) is 0. The standard InChI is InChI=1S/C20H21N3O2/c1-15-5-4-6-18(11-15)25-14-20(24)23(16-8-9-16)13-17-12-21-19-7-2-3-10-22(17)19/h2-7,10-12,16H,8-9,13-14H2,1H3. The Labute approximate surface area is 146 Å². The summed E-state index contributed by atoms with van der Waals surface area (Å²) in [7, 11) is 0. The Bertz CT molecular complexity index is 899. The molecule has 1 fully saturated rings. The Morgan fingerprint density at radius 2 is 2.16 bits per heavy atom. The zero-order chi connectivity index (χ0) is 17.2. The third-order valence-electron chi connectivity index (χ3n) is 4.49. The number of nitrogens with zero attached hydrogens (tertiary/aromatic N) is 3. The molecule has 1 aliphatic carbocycles. The summed E-state index contributed by atoms with van der Waals surface area (Å²) in [6, 6.07) is 14.0. The molecule has 1 aromatic carbocycles. The molecule has 1 amide bonds. The summed E-state index contributed by atoms with van der Waals surface area (Å²) < 4.78 is 7.73. The number of hydrogen-bond acceptors (Lipinski definition) is 3. The third-order valence-corrected chi connectivity index (χ3v) is 4.49. The quantitative estimate of drug-likeness (QED) is 0.695. The average molecular weight is 335 g/mol. The van der Waals surface area contributed by atoms with E-state index in [9.17, 15) is 4.79 Å². The smallest absolute Gasteiger partial charge is 0.261 e. The molecule has 3 aromatic rings. The van der Waals surface area contributed by atoms with E-state index < -0.39 is 0 Å². The van der Waals surface area contributed by atoms with Gasteiger partial charge in [0.25, 0.3) is 5.91 Å². The summed E-state index contributed by atoms with van der Waals surface area (Å²) in [6.45, 7) is 2.64. The summed E-state index contributed by atoms with van der Waals surface area (Å²) in [5.41, 5.74) is 3.04. The molecule has 0 spiro atoms. The maximum Gasteiger partial charge on any atom is 0.261 e. The maximum atomic E-state index is 12.7. The maximum absolute atomic E-state index is 12.7. The molecule has 0 saturated heterocycles. The predicted octanol–water partition coefficient (Wildman–Crippen LogP) is 3.21. The number of carbonyl (C=O) groups excluding carboxylic acids is 1. The first kappa shape index (κ1) is 15.7. The number of benzene rings is 1. The molecule has 0 aliphatic heterocycles. The normalized spacial score (nSPS) is 13.8. The average Bonchev–Trinajstić information content (AvgIpc) is 3.38. The lowest BCUT2D eigenvalue weighted by Crippen LogP contribution is -2.36. The van der Waals surface area contributed by atoms with Crippen molar-refractivity contribution in [3.63, 3.8) is 0 Å². The number of aromatic nitrogens is 2. The Balaban J connectivity index is 1.46. The van der Waals surface area contributed by atoms with Crippen LogP contribution in [0.5, 0.6) is 5.75 Å². The number of pyridine rings is 1. The minimum Gasteiger partial charge on any atom is -0.484 e. The van der Waals surface area contributed by atoms with Crippen molar-refractivity contribution >= 4 is 11.6 Å². The SMILES string of the molecule is Cc1cccc(OCC(=O)N(Cc2cnc3ccccn23)C2CC2)c1. The van der Waals surface area contributed by atoms with Crippen LogP contribution in [-0.2, 0) is 11.3 Å². The van der Waals surface area contributed by atoms with E-state index in [2.05, 4.69) is 4.98 Å². The number of fused-ring (bicyclic) bond motifs is 1. The molecule has 1 aliphatic rings. The zero-order valence-electron chi connectivity index (χ0n) is 14.3. The number of aryl methyl sites for hydroxylation is 1. The van der Waals surface area contributed by atoms with E-state index in [1.54, 1.807) is 0 Å². The van der Waals surface area contributed by atoms with Crippen molar-refractivity contribution in [2.24, 2.45) is 0 Å². The topological polar surface area (TPSA) is 46.8 Å². The van der Waals surface area contributed by atoms with Crippen molar-refractivity contribution in [1.29, 1.82) is 0 Å². The fraction of sp³-hybridized carbons (Fsp3) is 0.300. The van der Waals surface area contributed by atoms with Gasteiger partial charge >= 0.3 is 0 Å². The van der Waals surface area contributed by atoms with Crippen LogP contribution >= 0.6 is 0 Å². The van der Waals surface area contributed by atoms with Crippen LogP contribution in [0.3, 0.4) is 0 Å². The molecule has 0 radical (unpaired) electrons. The molecule has 4 rings (SSSR count). The van der Waals surface area contributed by atoms with Crippen LogP contribution in [0.4, 0.5) is 0 Å². The third kappa shape index (κ3) is 3.50. The largest absolute Gasteiger partial charge is 0.484 e. The molecule has 0 atom stereocenters. The van der Waals surface area contributed by atoms with Crippen LogP contribution in [0.1, 0.15) is 24.1 Å². The Morgan fingerprint density at radius 3 is 2.96 bits per heavy atom. The molecule has 0 N–H and O–H groups in total. The van der Waals surface area contributed by atoms with Gasteiger partial charge in [0.15, 0.2) is 6.61 Å². The summed E-state index contributed by atoms with van der Waals surface area (Å²) in [5, 5.41) is 0. The Hall–Kier alpha value is -2.82. The first-order valence-corrected chi connectivity index (χ1v) is 8.60. The lowest BCUT2D eigenvalue weighted by molar-refractivity contribution is -0.134. The fourth-order valence-corrected chi connectivity index (χ4v) is 3.02. The molecule has 1 saturated carbocycles. The van der Waals surface area contributed by atoms with Crippen molar-refractivity contribution in [3.8, 4) is 5.75 Å². The molecule has 5 heteroatoms. The Kier molecular flexibility index (Phi) is 4.14. The van der Waals surface area contributed by atoms with Crippen LogP contribution in [0.25, 0.3) is 5.65 Å². The first-order chi connectivity index (χ1) is 12.2. The molecular formula is C20H21N3O2. The number of imidazole rings is 1. The van der Waals surface area contributed by atoms with Crippen LogP contribution in [0.2, 0.25) is 0 Å². The summed E-state index contributed by atoms with van der Waals surface area (Å²) in [6.07, 6.45) is 5.95. The van der Waals surface area contributed by atoms with E-state index in [1.807, 2.05) is 71.1 Å². The molecule has 0 bridgehead atoms. The monoisotopic (exact) mass is 335 g/mol. The summed E-state index contributed by atoms with van der Waals surface area (Å²) in [4.78, 5) is 19.0. The summed E-state index contributed by atoms with van der Waals surface area (Å²) in [5.74, 6) is 0.758. The van der Waals surface area contributed by atoms with E-state index in [4.69, 9.17) is 4.74 Å². The number of rotatable bonds is 6. The van der Waals surface area contributed by atoms with E-state index in [0.29, 0.717) is 12.6 Å². The molecule has 2 aromatic heterocycles. The lowest BCUT2D eigenvalue weighted by Gasteiger charge is -2.22. The second-order valence-corrected chi connectivity index (χ2v) is 6.54. The van der Waals surface area contributed by atoms with Gasteiger partial charge in [-0.25, -0.2) is 4.98 Å². The van der Waals surface area contributed by atoms with E-state index in [1.165, 1.54) is 0 Å². The van der Waals surface area contributed by atoms with Crippen LogP contribution < -0.4 is 4.74 Å². The van der Waals surface area contributed by atoms with Gasteiger partial charge in [-0.15, -0.1) is 0 Å². The minimum absolute atomic E-state index is 0.0230. The van der Waals surface area contributed by atoms with Gasteiger partial charge in [-0.3, -0.25) is 4.79 Å². The van der Waals surface area contributed by atoms with Gasteiger partial charge in [-0.05, 0) is 49.6 Å². The van der Waals surface area contributed by atoms with Crippen molar-refractivity contribution in [3.05, 3.63) is 66.1 Å².